The molecular weight excluding hydrogens is 335 g/mol. The molecule has 0 heterocycles. The van der Waals surface area contributed by atoms with Gasteiger partial charge in [0.25, 0.3) is 0 Å². The first-order valence-corrected chi connectivity index (χ1v) is 7.37. The Labute approximate surface area is 131 Å². The number of carbonyl (C=O) groups excluding carboxylic acids is 1. The Morgan fingerprint density at radius 3 is 2.57 bits per heavy atom. The number of rotatable bonds is 5. The highest BCUT2D eigenvalue weighted by atomic mass is 79.9. The van der Waals surface area contributed by atoms with Gasteiger partial charge in [0.05, 0.1) is 0 Å². The third-order valence-corrected chi connectivity index (χ3v) is 3.94. The van der Waals surface area contributed by atoms with Gasteiger partial charge in [0, 0.05) is 10.2 Å². The van der Waals surface area contributed by atoms with Crippen LogP contribution in [0.2, 0.25) is 0 Å². The Bertz CT molecular complexity index is 662. The van der Waals surface area contributed by atoms with E-state index in [1.807, 2.05) is 31.2 Å². The summed E-state index contributed by atoms with van der Waals surface area (Å²) >= 11 is 3.38. The number of amides is 1. The maximum atomic E-state index is 13.5. The van der Waals surface area contributed by atoms with Crippen LogP contribution >= 0.6 is 15.9 Å². The van der Waals surface area contributed by atoms with Crippen LogP contribution in [0.1, 0.15) is 18.9 Å². The Morgan fingerprint density at radius 2 is 2.00 bits per heavy atom. The molecule has 0 aliphatic rings. The van der Waals surface area contributed by atoms with Gasteiger partial charge in [0.2, 0.25) is 5.91 Å². The van der Waals surface area contributed by atoms with Crippen LogP contribution in [-0.4, -0.2) is 5.91 Å². The van der Waals surface area contributed by atoms with Crippen LogP contribution in [0.15, 0.2) is 53.0 Å². The Kier molecular flexibility index (Phi) is 4.63. The van der Waals surface area contributed by atoms with E-state index in [1.165, 1.54) is 12.1 Å². The van der Waals surface area contributed by atoms with Crippen molar-refractivity contribution in [3.05, 3.63) is 64.4 Å². The van der Waals surface area contributed by atoms with Crippen LogP contribution in [0.3, 0.4) is 0 Å². The molecule has 0 saturated heterocycles. The van der Waals surface area contributed by atoms with Gasteiger partial charge < -0.3 is 11.1 Å². The van der Waals surface area contributed by atoms with E-state index in [1.54, 1.807) is 12.1 Å². The van der Waals surface area contributed by atoms with Crippen molar-refractivity contribution in [2.24, 2.45) is 5.73 Å². The molecule has 2 rings (SSSR count). The second-order valence-corrected chi connectivity index (χ2v) is 5.68. The third-order valence-electron chi connectivity index (χ3n) is 3.45. The number of nitrogens with two attached hydrogens (primary N) is 1. The molecule has 1 amide bonds. The highest BCUT2D eigenvalue weighted by Gasteiger charge is 2.37. The number of hydrogen-bond donors (Lipinski definition) is 2. The first-order chi connectivity index (χ1) is 9.98. The lowest BCUT2D eigenvalue weighted by molar-refractivity contribution is -0.122. The van der Waals surface area contributed by atoms with Crippen molar-refractivity contribution in [3.63, 3.8) is 0 Å². The van der Waals surface area contributed by atoms with Gasteiger partial charge in [0.15, 0.2) is 0 Å². The normalized spacial score (nSPS) is 13.5. The predicted molar refractivity (Wildman–Crippen MR) is 85.3 cm³/mol. The topological polar surface area (TPSA) is 55.1 Å². The molecule has 110 valence electrons. The van der Waals surface area contributed by atoms with Gasteiger partial charge in [-0.1, -0.05) is 41.1 Å². The first kappa shape index (κ1) is 15.5. The fourth-order valence-electron chi connectivity index (χ4n) is 2.31. The molecule has 0 aliphatic carbocycles. The van der Waals surface area contributed by atoms with E-state index in [-0.39, 0.29) is 0 Å². The van der Waals surface area contributed by atoms with Gasteiger partial charge in [-0.05, 0) is 42.3 Å². The quantitative estimate of drug-likeness (QED) is 0.861. The van der Waals surface area contributed by atoms with E-state index in [2.05, 4.69) is 21.2 Å². The van der Waals surface area contributed by atoms with Gasteiger partial charge in [-0.2, -0.15) is 0 Å². The van der Waals surface area contributed by atoms with Gasteiger partial charge in [-0.25, -0.2) is 4.39 Å². The van der Waals surface area contributed by atoms with Crippen molar-refractivity contribution < 1.29 is 9.18 Å². The zero-order valence-corrected chi connectivity index (χ0v) is 13.2. The van der Waals surface area contributed by atoms with E-state index in [4.69, 9.17) is 5.73 Å². The number of carbonyl (C=O) groups is 1. The SMILES string of the molecule is CCC(Nc1cccc(Br)c1)(C(N)=O)c1cccc(F)c1. The largest absolute Gasteiger partial charge is 0.368 e. The number of primary amides is 1. The van der Waals surface area contributed by atoms with E-state index >= 15 is 0 Å². The molecule has 0 fully saturated rings. The molecule has 2 aromatic rings. The molecular formula is C16H16BrFN2O. The second-order valence-electron chi connectivity index (χ2n) is 4.77. The molecule has 0 radical (unpaired) electrons. The number of anilines is 1. The van der Waals surface area contributed by atoms with Crippen molar-refractivity contribution in [1.82, 2.24) is 0 Å². The lowest BCUT2D eigenvalue weighted by atomic mass is 9.86. The summed E-state index contributed by atoms with van der Waals surface area (Å²) in [5.41, 5.74) is 5.71. The summed E-state index contributed by atoms with van der Waals surface area (Å²) in [7, 11) is 0. The molecule has 3 N–H and O–H groups in total. The van der Waals surface area contributed by atoms with Gasteiger partial charge in [-0.15, -0.1) is 0 Å². The lowest BCUT2D eigenvalue weighted by Gasteiger charge is -2.32. The summed E-state index contributed by atoms with van der Waals surface area (Å²) < 4.78 is 14.4. The Morgan fingerprint density at radius 1 is 1.29 bits per heavy atom. The Hall–Kier alpha value is -1.88. The van der Waals surface area contributed by atoms with Gasteiger partial charge >= 0.3 is 0 Å². The molecule has 2 aromatic carbocycles. The minimum Gasteiger partial charge on any atom is -0.368 e. The average molecular weight is 351 g/mol. The van der Waals surface area contributed by atoms with Gasteiger partial charge in [-0.3, -0.25) is 4.79 Å². The number of halogens is 2. The average Bonchev–Trinajstić information content (AvgIpc) is 2.44. The molecule has 0 saturated carbocycles. The van der Waals surface area contributed by atoms with Crippen molar-refractivity contribution in [1.29, 1.82) is 0 Å². The summed E-state index contributed by atoms with van der Waals surface area (Å²) in [6, 6.07) is 13.3. The van der Waals surface area contributed by atoms with Crippen LogP contribution in [0.5, 0.6) is 0 Å². The molecule has 21 heavy (non-hydrogen) atoms. The molecule has 3 nitrogen and oxygen atoms in total. The predicted octanol–water partition coefficient (Wildman–Crippen LogP) is 3.79. The molecule has 0 aromatic heterocycles. The van der Waals surface area contributed by atoms with E-state index < -0.39 is 17.3 Å². The van der Waals surface area contributed by atoms with Crippen LogP contribution in [0.4, 0.5) is 10.1 Å². The minimum absolute atomic E-state index is 0.400. The molecule has 0 spiro atoms. The highest BCUT2D eigenvalue weighted by Crippen LogP contribution is 2.31. The monoisotopic (exact) mass is 350 g/mol. The van der Waals surface area contributed by atoms with E-state index in [9.17, 15) is 9.18 Å². The minimum atomic E-state index is -1.15. The van der Waals surface area contributed by atoms with Crippen molar-refractivity contribution in [2.75, 3.05) is 5.32 Å². The zero-order chi connectivity index (χ0) is 15.5. The molecule has 1 atom stereocenters. The summed E-state index contributed by atoms with van der Waals surface area (Å²) in [4.78, 5) is 12.1. The van der Waals surface area contributed by atoms with Crippen LogP contribution < -0.4 is 11.1 Å². The standard InChI is InChI=1S/C16H16BrFN2O/c1-2-16(15(19)21,11-5-3-7-13(18)9-11)20-14-8-4-6-12(17)10-14/h3-10,20H,2H2,1H3,(H2,19,21). The fraction of sp³-hybridized carbons (Fsp3) is 0.188. The number of nitrogens with one attached hydrogen (secondary N) is 1. The first-order valence-electron chi connectivity index (χ1n) is 6.57. The molecule has 0 bridgehead atoms. The maximum absolute atomic E-state index is 13.5. The zero-order valence-electron chi connectivity index (χ0n) is 11.6. The highest BCUT2D eigenvalue weighted by molar-refractivity contribution is 9.10. The summed E-state index contributed by atoms with van der Waals surface area (Å²) in [6.45, 7) is 1.83. The lowest BCUT2D eigenvalue weighted by Crippen LogP contribution is -2.47. The number of hydrogen-bond acceptors (Lipinski definition) is 2. The second kappa shape index (κ2) is 6.26. The molecule has 1 unspecified atom stereocenters. The van der Waals surface area contributed by atoms with Crippen molar-refractivity contribution >= 4 is 27.5 Å². The van der Waals surface area contributed by atoms with Crippen LogP contribution in [0, 0.1) is 5.82 Å². The molecule has 0 aliphatic heterocycles. The van der Waals surface area contributed by atoms with Crippen LogP contribution in [0.25, 0.3) is 0 Å². The summed E-state index contributed by atoms with van der Waals surface area (Å²) in [6.07, 6.45) is 0.401. The maximum Gasteiger partial charge on any atom is 0.247 e. The van der Waals surface area contributed by atoms with E-state index in [0.717, 1.165) is 10.2 Å². The third kappa shape index (κ3) is 3.24. The van der Waals surface area contributed by atoms with E-state index in [0.29, 0.717) is 12.0 Å². The van der Waals surface area contributed by atoms with Crippen molar-refractivity contribution in [3.8, 4) is 0 Å². The van der Waals surface area contributed by atoms with Crippen molar-refractivity contribution in [2.45, 2.75) is 18.9 Å². The molecule has 5 heteroatoms. The smallest absolute Gasteiger partial charge is 0.247 e. The number of benzene rings is 2. The van der Waals surface area contributed by atoms with Gasteiger partial charge in [0.1, 0.15) is 11.4 Å². The Balaban J connectivity index is 2.49. The summed E-state index contributed by atoms with van der Waals surface area (Å²) in [5, 5.41) is 3.15. The van der Waals surface area contributed by atoms with Crippen LogP contribution in [-0.2, 0) is 10.3 Å². The fourth-order valence-corrected chi connectivity index (χ4v) is 2.71. The summed E-state index contributed by atoms with van der Waals surface area (Å²) in [5.74, 6) is -0.946.